The number of nitrogens with one attached hydrogen (secondary N) is 1. The van der Waals surface area contributed by atoms with E-state index < -0.39 is 0 Å². The van der Waals surface area contributed by atoms with Crippen LogP contribution in [0.1, 0.15) is 38.4 Å². The summed E-state index contributed by atoms with van der Waals surface area (Å²) in [5.41, 5.74) is 2.66. The van der Waals surface area contributed by atoms with Crippen molar-refractivity contribution < 1.29 is 0 Å². The molecule has 1 aromatic heterocycles. The fourth-order valence-corrected chi connectivity index (χ4v) is 2.88. The van der Waals surface area contributed by atoms with Crippen molar-refractivity contribution in [1.29, 1.82) is 0 Å². The van der Waals surface area contributed by atoms with Gasteiger partial charge in [0.25, 0.3) is 0 Å². The average molecular weight is 264 g/mol. The lowest BCUT2D eigenvalue weighted by molar-refractivity contribution is 0.312. The fraction of sp³-hybridized carbons (Fsp3) is 0.800. The smallest absolute Gasteiger partial charge is 0.0666 e. The van der Waals surface area contributed by atoms with E-state index in [1.165, 1.54) is 30.8 Å². The van der Waals surface area contributed by atoms with Crippen LogP contribution in [0.3, 0.4) is 0 Å². The Kier molecular flexibility index (Phi) is 4.99. The van der Waals surface area contributed by atoms with Crippen LogP contribution in [0.4, 0.5) is 0 Å². The highest BCUT2D eigenvalue weighted by Crippen LogP contribution is 2.19. The third-order valence-electron chi connectivity index (χ3n) is 3.91. The summed E-state index contributed by atoms with van der Waals surface area (Å²) in [4.78, 5) is 2.57. The molecule has 0 radical (unpaired) electrons. The first-order valence-corrected chi connectivity index (χ1v) is 7.55. The van der Waals surface area contributed by atoms with Gasteiger partial charge in [0.05, 0.1) is 5.69 Å². The summed E-state index contributed by atoms with van der Waals surface area (Å²) in [5, 5.41) is 8.08. The summed E-state index contributed by atoms with van der Waals surface area (Å²) in [5.74, 6) is 0.809. The Morgan fingerprint density at radius 3 is 2.95 bits per heavy atom. The van der Waals surface area contributed by atoms with Crippen LogP contribution in [0, 0.1) is 5.92 Å². The van der Waals surface area contributed by atoms with Gasteiger partial charge in [-0.1, -0.05) is 20.8 Å². The van der Waals surface area contributed by atoms with Crippen molar-refractivity contribution in [2.24, 2.45) is 13.0 Å². The number of rotatable bonds is 6. The molecule has 1 N–H and O–H groups in total. The minimum atomic E-state index is 0.596. The highest BCUT2D eigenvalue weighted by Gasteiger charge is 2.23. The van der Waals surface area contributed by atoms with Gasteiger partial charge < -0.3 is 5.32 Å². The molecule has 4 heteroatoms. The van der Waals surface area contributed by atoms with Crippen molar-refractivity contribution in [3.63, 3.8) is 0 Å². The summed E-state index contributed by atoms with van der Waals surface area (Å²) >= 11 is 0. The van der Waals surface area contributed by atoms with E-state index in [-0.39, 0.29) is 0 Å². The highest BCUT2D eigenvalue weighted by molar-refractivity contribution is 5.17. The largest absolute Gasteiger partial charge is 0.314 e. The second-order valence-corrected chi connectivity index (χ2v) is 6.08. The van der Waals surface area contributed by atoms with E-state index in [1.807, 2.05) is 11.7 Å². The van der Waals surface area contributed by atoms with Crippen molar-refractivity contribution in [2.45, 2.75) is 46.2 Å². The first-order chi connectivity index (χ1) is 9.08. The number of hydrogen-bond donors (Lipinski definition) is 1. The van der Waals surface area contributed by atoms with Gasteiger partial charge in [0, 0.05) is 37.9 Å². The van der Waals surface area contributed by atoms with Crippen LogP contribution in [0.2, 0.25) is 0 Å². The Labute approximate surface area is 117 Å². The monoisotopic (exact) mass is 264 g/mol. The zero-order chi connectivity index (χ0) is 13.8. The Balaban J connectivity index is 1.84. The average Bonchev–Trinajstić information content (AvgIpc) is 2.94. The van der Waals surface area contributed by atoms with Gasteiger partial charge in [-0.25, -0.2) is 0 Å². The SMILES string of the molecule is CCc1nn(C)cc1CN1CCC(CNC(C)C)C1. The molecule has 1 atom stereocenters. The van der Waals surface area contributed by atoms with Gasteiger partial charge in [-0.3, -0.25) is 9.58 Å². The van der Waals surface area contributed by atoms with Crippen LogP contribution in [0.25, 0.3) is 0 Å². The maximum Gasteiger partial charge on any atom is 0.0666 e. The second kappa shape index (κ2) is 6.53. The zero-order valence-corrected chi connectivity index (χ0v) is 12.8. The molecule has 1 fully saturated rings. The van der Waals surface area contributed by atoms with Gasteiger partial charge in [0.2, 0.25) is 0 Å². The molecular formula is C15H28N4. The zero-order valence-electron chi connectivity index (χ0n) is 12.8. The standard InChI is InChI=1S/C15H28N4/c1-5-15-14(10-18(4)17-15)11-19-7-6-13(9-19)8-16-12(2)3/h10,12-13,16H,5-9,11H2,1-4H3. The van der Waals surface area contributed by atoms with Crippen LogP contribution in [0.5, 0.6) is 0 Å². The van der Waals surface area contributed by atoms with E-state index in [0.29, 0.717) is 6.04 Å². The molecule has 0 spiro atoms. The number of hydrogen-bond acceptors (Lipinski definition) is 3. The molecule has 2 heterocycles. The summed E-state index contributed by atoms with van der Waals surface area (Å²) in [6.07, 6.45) is 4.53. The Morgan fingerprint density at radius 1 is 1.47 bits per heavy atom. The number of aromatic nitrogens is 2. The number of likely N-dealkylation sites (tertiary alicyclic amines) is 1. The first-order valence-electron chi connectivity index (χ1n) is 7.55. The summed E-state index contributed by atoms with van der Waals surface area (Å²) < 4.78 is 1.95. The van der Waals surface area contributed by atoms with E-state index >= 15 is 0 Å². The normalized spacial score (nSPS) is 20.6. The number of aryl methyl sites for hydroxylation is 2. The number of nitrogens with zero attached hydrogens (tertiary/aromatic N) is 3. The van der Waals surface area contributed by atoms with Crippen LogP contribution < -0.4 is 5.32 Å². The molecule has 108 valence electrons. The van der Waals surface area contributed by atoms with Crippen LogP contribution in [0.15, 0.2) is 6.20 Å². The van der Waals surface area contributed by atoms with Crippen LogP contribution in [-0.4, -0.2) is 40.4 Å². The Morgan fingerprint density at radius 2 is 2.26 bits per heavy atom. The van der Waals surface area contributed by atoms with E-state index in [9.17, 15) is 0 Å². The van der Waals surface area contributed by atoms with Crippen molar-refractivity contribution in [1.82, 2.24) is 20.0 Å². The molecule has 1 saturated heterocycles. The maximum absolute atomic E-state index is 4.53. The van der Waals surface area contributed by atoms with Gasteiger partial charge >= 0.3 is 0 Å². The lowest BCUT2D eigenvalue weighted by atomic mass is 10.1. The minimum absolute atomic E-state index is 0.596. The molecule has 1 aliphatic rings. The lowest BCUT2D eigenvalue weighted by Crippen LogP contribution is -2.30. The molecule has 1 aromatic rings. The third-order valence-corrected chi connectivity index (χ3v) is 3.91. The molecule has 0 aromatic carbocycles. The van der Waals surface area contributed by atoms with Gasteiger partial charge in [-0.05, 0) is 31.8 Å². The van der Waals surface area contributed by atoms with Crippen LogP contribution >= 0.6 is 0 Å². The molecular weight excluding hydrogens is 236 g/mol. The first kappa shape index (κ1) is 14.5. The molecule has 0 amide bonds. The van der Waals surface area contributed by atoms with Gasteiger partial charge in [0.1, 0.15) is 0 Å². The lowest BCUT2D eigenvalue weighted by Gasteiger charge is -2.17. The minimum Gasteiger partial charge on any atom is -0.314 e. The van der Waals surface area contributed by atoms with E-state index in [0.717, 1.165) is 25.4 Å². The molecule has 0 saturated carbocycles. The van der Waals surface area contributed by atoms with Crippen molar-refractivity contribution in [3.8, 4) is 0 Å². The predicted octanol–water partition coefficient (Wildman–Crippen LogP) is 1.80. The molecule has 0 aliphatic carbocycles. The molecule has 2 rings (SSSR count). The van der Waals surface area contributed by atoms with Crippen molar-refractivity contribution in [3.05, 3.63) is 17.5 Å². The summed E-state index contributed by atoms with van der Waals surface area (Å²) in [7, 11) is 2.02. The van der Waals surface area contributed by atoms with Crippen LogP contribution in [-0.2, 0) is 20.0 Å². The third kappa shape index (κ3) is 4.05. The van der Waals surface area contributed by atoms with Gasteiger partial charge in [0.15, 0.2) is 0 Å². The predicted molar refractivity (Wildman–Crippen MR) is 79.1 cm³/mol. The molecule has 1 aliphatic heterocycles. The molecule has 4 nitrogen and oxygen atoms in total. The topological polar surface area (TPSA) is 33.1 Å². The van der Waals surface area contributed by atoms with E-state index in [1.54, 1.807) is 0 Å². The van der Waals surface area contributed by atoms with Crippen molar-refractivity contribution in [2.75, 3.05) is 19.6 Å². The maximum atomic E-state index is 4.53. The Hall–Kier alpha value is -0.870. The summed E-state index contributed by atoms with van der Waals surface area (Å²) in [6.45, 7) is 11.3. The molecule has 1 unspecified atom stereocenters. The molecule has 19 heavy (non-hydrogen) atoms. The van der Waals surface area contributed by atoms with Crippen molar-refractivity contribution >= 4 is 0 Å². The van der Waals surface area contributed by atoms with E-state index in [2.05, 4.69) is 42.3 Å². The van der Waals surface area contributed by atoms with Gasteiger partial charge in [-0.15, -0.1) is 0 Å². The van der Waals surface area contributed by atoms with Gasteiger partial charge in [-0.2, -0.15) is 5.10 Å². The van der Waals surface area contributed by atoms with E-state index in [4.69, 9.17) is 0 Å². The molecule has 0 bridgehead atoms. The highest BCUT2D eigenvalue weighted by atomic mass is 15.3. The Bertz CT molecular complexity index is 397. The quantitative estimate of drug-likeness (QED) is 0.850. The second-order valence-electron chi connectivity index (χ2n) is 6.08. The summed E-state index contributed by atoms with van der Waals surface area (Å²) in [6, 6.07) is 0.596. The fourth-order valence-electron chi connectivity index (χ4n) is 2.88.